The molecule has 1 amide bonds. The van der Waals surface area contributed by atoms with Gasteiger partial charge in [-0.1, -0.05) is 36.4 Å². The molecule has 1 fully saturated rings. The highest BCUT2D eigenvalue weighted by Crippen LogP contribution is 2.29. The van der Waals surface area contributed by atoms with E-state index in [1.54, 1.807) is 19.2 Å². The fourth-order valence-corrected chi connectivity index (χ4v) is 5.12. The van der Waals surface area contributed by atoms with E-state index in [1.165, 1.54) is 11.6 Å². The minimum atomic E-state index is -1.15. The maximum atomic E-state index is 14.3. The minimum absolute atomic E-state index is 0.0312. The van der Waals surface area contributed by atoms with Crippen LogP contribution in [0.2, 0.25) is 0 Å². The van der Waals surface area contributed by atoms with Gasteiger partial charge in [-0.15, -0.1) is 0 Å². The summed E-state index contributed by atoms with van der Waals surface area (Å²) in [6, 6.07) is 20.6. The third kappa shape index (κ3) is 10.1. The molecular formula is C33H41FN2O7. The molecule has 4 rings (SSSR count). The van der Waals surface area contributed by atoms with E-state index < -0.39 is 11.9 Å². The lowest BCUT2D eigenvalue weighted by atomic mass is 9.88. The number of nitrogens with one attached hydrogen (secondary N) is 2. The Labute approximate surface area is 252 Å². The van der Waals surface area contributed by atoms with Gasteiger partial charge in [-0.25, -0.2) is 9.18 Å². The summed E-state index contributed by atoms with van der Waals surface area (Å²) in [5.41, 5.74) is 2.56. The van der Waals surface area contributed by atoms with Gasteiger partial charge in [-0.05, 0) is 55.3 Å². The van der Waals surface area contributed by atoms with Gasteiger partial charge in [0, 0.05) is 36.6 Å². The zero-order valence-electron chi connectivity index (χ0n) is 24.6. The summed E-state index contributed by atoms with van der Waals surface area (Å²) >= 11 is 0. The zero-order valence-corrected chi connectivity index (χ0v) is 24.6. The van der Waals surface area contributed by atoms with Crippen LogP contribution >= 0.6 is 0 Å². The summed E-state index contributed by atoms with van der Waals surface area (Å²) in [6.45, 7) is 3.98. The van der Waals surface area contributed by atoms with Crippen LogP contribution in [0.5, 0.6) is 17.2 Å². The van der Waals surface area contributed by atoms with Crippen molar-refractivity contribution >= 4 is 6.09 Å². The lowest BCUT2D eigenvalue weighted by Gasteiger charge is -2.32. The molecule has 0 radical (unpaired) electrons. The molecule has 9 nitrogen and oxygen atoms in total. The normalized spacial score (nSPS) is 16.4. The van der Waals surface area contributed by atoms with Crippen molar-refractivity contribution in [1.29, 1.82) is 0 Å². The molecule has 3 N–H and O–H groups in total. The number of piperidine rings is 1. The molecule has 3 aromatic rings. The summed E-state index contributed by atoms with van der Waals surface area (Å²) in [5, 5.41) is 14.4. The number of ether oxygens (including phenoxy) is 5. The van der Waals surface area contributed by atoms with Crippen molar-refractivity contribution < 1.29 is 38.0 Å². The van der Waals surface area contributed by atoms with Gasteiger partial charge in [0.1, 0.15) is 29.7 Å². The van der Waals surface area contributed by atoms with Crippen molar-refractivity contribution in [2.45, 2.75) is 37.9 Å². The molecule has 1 saturated heterocycles. The first-order valence-corrected chi connectivity index (χ1v) is 14.7. The van der Waals surface area contributed by atoms with Crippen LogP contribution in [0, 0.1) is 5.82 Å². The van der Waals surface area contributed by atoms with Gasteiger partial charge in [-0.3, -0.25) is 0 Å². The van der Waals surface area contributed by atoms with Crippen molar-refractivity contribution in [2.75, 3.05) is 53.2 Å². The second-order valence-electron chi connectivity index (χ2n) is 10.2. The van der Waals surface area contributed by atoms with E-state index in [0.29, 0.717) is 37.7 Å². The Hall–Kier alpha value is -3.86. The Morgan fingerprint density at radius 3 is 2.60 bits per heavy atom. The molecule has 1 aliphatic heterocycles. The predicted octanol–water partition coefficient (Wildman–Crippen LogP) is 5.17. The standard InChI is InChI=1S/C33H41FN2O7/c1-39-30-8-3-2-6-25(30)23-40-18-5-19-41-26-12-10-24(11-13-26)27-14-16-35-22-32(27)43-21-20-42-31-9-4-7-29(34)28(31)15-17-36-33(37)38/h2-4,6-13,27,32,35-36H,5,14-23H2,1H3,(H,37,38). The zero-order chi connectivity index (χ0) is 30.3. The van der Waals surface area contributed by atoms with E-state index in [9.17, 15) is 9.18 Å². The number of carbonyl (C=O) groups is 1. The molecule has 2 atom stereocenters. The molecule has 3 aromatic carbocycles. The molecule has 232 valence electrons. The van der Waals surface area contributed by atoms with E-state index in [0.717, 1.165) is 43.0 Å². The maximum Gasteiger partial charge on any atom is 0.404 e. The molecule has 1 aliphatic rings. The first-order valence-electron chi connectivity index (χ1n) is 14.7. The molecular weight excluding hydrogens is 555 g/mol. The molecule has 1 heterocycles. The Bertz CT molecular complexity index is 1270. The Morgan fingerprint density at radius 1 is 0.977 bits per heavy atom. The predicted molar refractivity (Wildman–Crippen MR) is 161 cm³/mol. The number of halogens is 1. The first kappa shape index (κ1) is 32.1. The number of hydrogen-bond donors (Lipinski definition) is 3. The minimum Gasteiger partial charge on any atom is -0.496 e. The summed E-state index contributed by atoms with van der Waals surface area (Å²) in [4.78, 5) is 10.7. The highest BCUT2D eigenvalue weighted by atomic mass is 19.1. The monoisotopic (exact) mass is 596 g/mol. The Balaban J connectivity index is 1.18. The SMILES string of the molecule is COc1ccccc1COCCCOc1ccc(C2CCNCC2OCCOc2cccc(F)c2CCNC(=O)O)cc1. The van der Waals surface area contributed by atoms with Crippen molar-refractivity contribution in [3.63, 3.8) is 0 Å². The molecule has 10 heteroatoms. The van der Waals surface area contributed by atoms with Crippen molar-refractivity contribution in [1.82, 2.24) is 10.6 Å². The second kappa shape index (κ2) is 17.3. The van der Waals surface area contributed by atoms with Crippen LogP contribution in [0.4, 0.5) is 9.18 Å². The fourth-order valence-electron chi connectivity index (χ4n) is 5.12. The average Bonchev–Trinajstić information content (AvgIpc) is 3.02. The van der Waals surface area contributed by atoms with Gasteiger partial charge in [0.25, 0.3) is 0 Å². The lowest BCUT2D eigenvalue weighted by molar-refractivity contribution is 0.00716. The van der Waals surface area contributed by atoms with Crippen molar-refractivity contribution in [3.05, 3.63) is 89.2 Å². The van der Waals surface area contributed by atoms with E-state index in [2.05, 4.69) is 22.8 Å². The van der Waals surface area contributed by atoms with E-state index in [1.807, 2.05) is 36.4 Å². The molecule has 0 aliphatic carbocycles. The maximum absolute atomic E-state index is 14.3. The highest BCUT2D eigenvalue weighted by molar-refractivity contribution is 5.64. The molecule has 0 bridgehead atoms. The molecule has 43 heavy (non-hydrogen) atoms. The summed E-state index contributed by atoms with van der Waals surface area (Å²) < 4.78 is 43.4. The van der Waals surface area contributed by atoms with Crippen LogP contribution in [-0.4, -0.2) is 70.5 Å². The third-order valence-corrected chi connectivity index (χ3v) is 7.29. The number of benzene rings is 3. The highest BCUT2D eigenvalue weighted by Gasteiger charge is 2.27. The molecule has 0 spiro atoms. The Morgan fingerprint density at radius 2 is 1.79 bits per heavy atom. The number of amides is 1. The number of para-hydroxylation sites is 1. The smallest absolute Gasteiger partial charge is 0.404 e. The number of carboxylic acid groups (broad SMARTS) is 1. The number of methoxy groups -OCH3 is 1. The van der Waals surface area contributed by atoms with Crippen LogP contribution < -0.4 is 24.8 Å². The average molecular weight is 597 g/mol. The van der Waals surface area contributed by atoms with Crippen molar-refractivity contribution in [3.8, 4) is 17.2 Å². The first-order chi connectivity index (χ1) is 21.0. The third-order valence-electron chi connectivity index (χ3n) is 7.29. The van der Waals surface area contributed by atoms with Crippen LogP contribution in [0.15, 0.2) is 66.7 Å². The van der Waals surface area contributed by atoms with Gasteiger partial charge in [0.05, 0.1) is 39.6 Å². The largest absolute Gasteiger partial charge is 0.496 e. The molecule has 2 unspecified atom stereocenters. The fraction of sp³-hybridized carbons (Fsp3) is 0.424. The van der Waals surface area contributed by atoms with Crippen LogP contribution in [-0.2, 0) is 22.5 Å². The lowest BCUT2D eigenvalue weighted by Crippen LogP contribution is -2.41. The van der Waals surface area contributed by atoms with E-state index >= 15 is 0 Å². The second-order valence-corrected chi connectivity index (χ2v) is 10.2. The van der Waals surface area contributed by atoms with Gasteiger partial charge in [0.15, 0.2) is 0 Å². The van der Waals surface area contributed by atoms with E-state index in [-0.39, 0.29) is 31.6 Å². The topological polar surface area (TPSA) is 108 Å². The number of hydrogen-bond acceptors (Lipinski definition) is 7. The quantitative estimate of drug-likeness (QED) is 0.183. The Kier molecular flexibility index (Phi) is 12.9. The van der Waals surface area contributed by atoms with Crippen LogP contribution in [0.25, 0.3) is 0 Å². The van der Waals surface area contributed by atoms with Gasteiger partial charge in [-0.2, -0.15) is 0 Å². The molecule has 0 aromatic heterocycles. The van der Waals surface area contributed by atoms with Crippen LogP contribution in [0.3, 0.4) is 0 Å². The van der Waals surface area contributed by atoms with E-state index in [4.69, 9.17) is 28.8 Å². The number of rotatable bonds is 17. The van der Waals surface area contributed by atoms with Crippen LogP contribution in [0.1, 0.15) is 35.4 Å². The summed E-state index contributed by atoms with van der Waals surface area (Å²) in [6.07, 6.45) is 0.740. The summed E-state index contributed by atoms with van der Waals surface area (Å²) in [5.74, 6) is 1.85. The van der Waals surface area contributed by atoms with Gasteiger partial charge < -0.3 is 39.4 Å². The van der Waals surface area contributed by atoms with Gasteiger partial charge >= 0.3 is 6.09 Å². The van der Waals surface area contributed by atoms with Crippen molar-refractivity contribution in [2.24, 2.45) is 0 Å². The van der Waals surface area contributed by atoms with Gasteiger partial charge in [0.2, 0.25) is 0 Å². The summed E-state index contributed by atoms with van der Waals surface area (Å²) in [7, 11) is 1.66. The molecule has 0 saturated carbocycles.